The highest BCUT2D eigenvalue weighted by Crippen LogP contribution is 2.35. The maximum Gasteiger partial charge on any atom is 0.275 e. The number of allylic oxidation sites excluding steroid dienone is 1. The van der Waals surface area contributed by atoms with Gasteiger partial charge in [-0.1, -0.05) is 24.6 Å². The van der Waals surface area contributed by atoms with Gasteiger partial charge in [0.25, 0.3) is 12.3 Å². The van der Waals surface area contributed by atoms with E-state index in [0.29, 0.717) is 12.2 Å². The normalized spacial score (nSPS) is 16.6. The topological polar surface area (TPSA) is 126 Å². The van der Waals surface area contributed by atoms with Gasteiger partial charge >= 0.3 is 0 Å². The van der Waals surface area contributed by atoms with Crippen molar-refractivity contribution in [3.05, 3.63) is 82.0 Å². The summed E-state index contributed by atoms with van der Waals surface area (Å²) in [5.41, 5.74) is 6.28. The van der Waals surface area contributed by atoms with Crippen LogP contribution in [0.3, 0.4) is 0 Å². The number of hydrogen-bond donors (Lipinski definition) is 2. The van der Waals surface area contributed by atoms with Gasteiger partial charge in [-0.05, 0) is 38.0 Å². The first kappa shape index (κ1) is 29.7. The number of aryl methyl sites for hydroxylation is 1. The number of nitrogens with zero attached hydrogens (tertiary/aromatic N) is 5. The van der Waals surface area contributed by atoms with Gasteiger partial charge in [0.2, 0.25) is 5.91 Å². The van der Waals surface area contributed by atoms with Crippen LogP contribution in [0, 0.1) is 18.7 Å². The Bertz CT molecular complexity index is 1550. The van der Waals surface area contributed by atoms with Gasteiger partial charge in [0.1, 0.15) is 5.69 Å². The van der Waals surface area contributed by atoms with E-state index < -0.39 is 35.3 Å². The molecule has 0 aliphatic carbocycles. The number of aromatic nitrogens is 3. The predicted octanol–water partition coefficient (Wildman–Crippen LogP) is 5.31. The zero-order valence-electron chi connectivity index (χ0n) is 22.4. The smallest absolute Gasteiger partial charge is 0.275 e. The first-order valence-electron chi connectivity index (χ1n) is 12.6. The van der Waals surface area contributed by atoms with Crippen molar-refractivity contribution in [3.8, 4) is 11.3 Å². The van der Waals surface area contributed by atoms with Gasteiger partial charge in [-0.15, -0.1) is 0 Å². The van der Waals surface area contributed by atoms with Gasteiger partial charge in [0, 0.05) is 36.0 Å². The Morgan fingerprint density at radius 3 is 2.68 bits per heavy atom. The summed E-state index contributed by atoms with van der Waals surface area (Å²) in [6.07, 6.45) is 4.02. The number of hydrogen-bond acceptors (Lipinski definition) is 7. The molecule has 2 aromatic heterocycles. The monoisotopic (exact) mass is 585 g/mol. The Labute approximate surface area is 239 Å². The molecule has 1 aliphatic rings. The second-order valence-electron chi connectivity index (χ2n) is 9.52. The lowest BCUT2D eigenvalue weighted by Gasteiger charge is -2.18. The lowest BCUT2D eigenvalue weighted by atomic mass is 10.0. The van der Waals surface area contributed by atoms with E-state index in [1.807, 2.05) is 19.9 Å². The van der Waals surface area contributed by atoms with Crippen molar-refractivity contribution < 1.29 is 22.8 Å². The molecule has 0 bridgehead atoms. The Morgan fingerprint density at radius 2 is 2.05 bits per heavy atom. The molecule has 3 heterocycles. The first-order chi connectivity index (χ1) is 19.5. The molecular weight excluding hydrogens is 559 g/mol. The number of anilines is 1. The molecule has 1 saturated heterocycles. The van der Waals surface area contributed by atoms with Crippen LogP contribution in [0.5, 0.6) is 0 Å². The number of alkyl halides is 2. The van der Waals surface area contributed by atoms with E-state index in [0.717, 1.165) is 48.4 Å². The number of benzene rings is 1. The summed E-state index contributed by atoms with van der Waals surface area (Å²) in [5.74, 6) is -1.82. The molecule has 1 unspecified atom stereocenters. The van der Waals surface area contributed by atoms with Crippen LogP contribution >= 0.6 is 11.6 Å². The number of halogens is 4. The fourth-order valence-electron chi connectivity index (χ4n) is 4.41. The highest BCUT2D eigenvalue weighted by molar-refractivity contribution is 6.31. The van der Waals surface area contributed by atoms with Crippen LogP contribution in [0.2, 0.25) is 5.02 Å². The number of carbonyl (C=O) groups is 2. The van der Waals surface area contributed by atoms with Gasteiger partial charge in [0.05, 0.1) is 52.4 Å². The lowest BCUT2D eigenvalue weighted by Crippen LogP contribution is -2.26. The fourth-order valence-corrected chi connectivity index (χ4v) is 4.57. The zero-order valence-corrected chi connectivity index (χ0v) is 23.2. The molecule has 3 aromatic rings. The van der Waals surface area contributed by atoms with Crippen molar-refractivity contribution >= 4 is 35.3 Å². The van der Waals surface area contributed by atoms with Crippen molar-refractivity contribution in [1.82, 2.24) is 20.3 Å². The van der Waals surface area contributed by atoms with Crippen LogP contribution in [-0.2, 0) is 4.79 Å². The molecule has 0 radical (unpaired) electrons. The van der Waals surface area contributed by atoms with Crippen molar-refractivity contribution in [2.75, 3.05) is 11.4 Å². The van der Waals surface area contributed by atoms with Crippen molar-refractivity contribution in [2.45, 2.75) is 39.7 Å². The molecule has 0 saturated carbocycles. The van der Waals surface area contributed by atoms with Gasteiger partial charge in [-0.25, -0.2) is 18.2 Å². The molecule has 2 atom stereocenters. The van der Waals surface area contributed by atoms with Crippen LogP contribution < -0.4 is 16.0 Å². The van der Waals surface area contributed by atoms with Gasteiger partial charge in [0.15, 0.2) is 5.82 Å². The molecule has 214 valence electrons. The molecule has 3 N–H and O–H groups in total. The third-order valence-corrected chi connectivity index (χ3v) is 6.94. The van der Waals surface area contributed by atoms with Crippen LogP contribution in [0.15, 0.2) is 53.7 Å². The number of pyridine rings is 1. The average molecular weight is 586 g/mol. The Morgan fingerprint density at radius 1 is 1.29 bits per heavy atom. The first-order valence-corrected chi connectivity index (χ1v) is 13.0. The van der Waals surface area contributed by atoms with Crippen LogP contribution in [-0.4, -0.2) is 39.5 Å². The second kappa shape index (κ2) is 12.5. The average Bonchev–Trinajstić information content (AvgIpc) is 3.29. The summed E-state index contributed by atoms with van der Waals surface area (Å²) in [5, 5.41) is 2.14. The highest BCUT2D eigenvalue weighted by atomic mass is 35.5. The van der Waals surface area contributed by atoms with Crippen molar-refractivity contribution in [3.63, 3.8) is 0 Å². The molecule has 9 nitrogen and oxygen atoms in total. The van der Waals surface area contributed by atoms with Crippen LogP contribution in [0.25, 0.3) is 11.3 Å². The van der Waals surface area contributed by atoms with E-state index in [4.69, 9.17) is 17.3 Å². The Kier molecular flexibility index (Phi) is 9.01. The fraction of sp³-hybridized carbons (Fsp3) is 0.286. The Hall–Kier alpha value is -4.32. The largest absolute Gasteiger partial charge is 0.403 e. The van der Waals surface area contributed by atoms with E-state index in [9.17, 15) is 22.8 Å². The highest BCUT2D eigenvalue weighted by Gasteiger charge is 2.29. The minimum absolute atomic E-state index is 0.0169. The molecule has 2 amide bonds. The second-order valence-corrected chi connectivity index (χ2v) is 9.93. The molecule has 1 aromatic carbocycles. The standard InChI is InChI=1S/C28H27ClF3N7O2/c1-14-6-7-39(28(14)41)18-8-15(2)25(36-11-18)16(3)35-10-17(9-33)37-27(40)22-13-34-12-21(38-22)23-19(26(31)32)4-5-20(29)24(23)30/h4-5,8-14,16,26H,6-7,33H2,1-3H3,(H,37,40)/b17-9+,35-10?/t14-,16?/m1/s1. The minimum atomic E-state index is -3.01. The SMILES string of the molecule is Cc1cc(N2CC[C@@H](C)C2=O)cnc1C(C)N=C/C(=C\N)NC(=O)c1cncc(-c2c(C(F)F)ccc(Cl)c2F)n1. The summed E-state index contributed by atoms with van der Waals surface area (Å²) in [7, 11) is 0. The van der Waals surface area contributed by atoms with Gasteiger partial charge in [-0.2, -0.15) is 0 Å². The van der Waals surface area contributed by atoms with E-state index in [1.54, 1.807) is 18.0 Å². The predicted molar refractivity (Wildman–Crippen MR) is 149 cm³/mol. The lowest BCUT2D eigenvalue weighted by molar-refractivity contribution is -0.119. The number of amides is 2. The quantitative estimate of drug-likeness (QED) is 0.345. The maximum atomic E-state index is 14.7. The summed E-state index contributed by atoms with van der Waals surface area (Å²) in [4.78, 5) is 43.8. The van der Waals surface area contributed by atoms with Gasteiger partial charge in [-0.3, -0.25) is 24.5 Å². The third kappa shape index (κ3) is 6.37. The third-order valence-electron chi connectivity index (χ3n) is 6.65. The summed E-state index contributed by atoms with van der Waals surface area (Å²) >= 11 is 5.79. The van der Waals surface area contributed by atoms with Gasteiger partial charge < -0.3 is 16.0 Å². The molecule has 0 spiro atoms. The Balaban J connectivity index is 1.49. The number of nitrogens with one attached hydrogen (secondary N) is 1. The number of rotatable bonds is 8. The van der Waals surface area contributed by atoms with Crippen LogP contribution in [0.1, 0.15) is 60.0 Å². The van der Waals surface area contributed by atoms with Crippen LogP contribution in [0.4, 0.5) is 18.9 Å². The summed E-state index contributed by atoms with van der Waals surface area (Å²) < 4.78 is 41.7. The number of aliphatic imine (C=N–C) groups is 1. The number of nitrogens with two attached hydrogens (primary N) is 1. The van der Waals surface area contributed by atoms with E-state index in [1.165, 1.54) is 6.21 Å². The summed E-state index contributed by atoms with van der Waals surface area (Å²) in [6, 6.07) is 3.47. The zero-order chi connectivity index (χ0) is 29.8. The molecule has 13 heteroatoms. The van der Waals surface area contributed by atoms with Crippen molar-refractivity contribution in [2.24, 2.45) is 16.6 Å². The molecule has 4 rings (SSSR count). The molecular formula is C28H27ClF3N7O2. The van der Waals surface area contributed by atoms with Crippen molar-refractivity contribution in [1.29, 1.82) is 0 Å². The molecule has 1 aliphatic heterocycles. The van der Waals surface area contributed by atoms with E-state index in [-0.39, 0.29) is 33.9 Å². The number of carbonyl (C=O) groups excluding carboxylic acids is 2. The maximum absolute atomic E-state index is 14.7. The molecule has 1 fully saturated rings. The summed E-state index contributed by atoms with van der Waals surface area (Å²) in [6.45, 7) is 6.23. The molecule has 41 heavy (non-hydrogen) atoms. The van der Waals surface area contributed by atoms with E-state index >= 15 is 0 Å². The minimum Gasteiger partial charge on any atom is -0.403 e. The van der Waals surface area contributed by atoms with E-state index in [2.05, 4.69) is 25.3 Å².